The zero-order valence-electron chi connectivity index (χ0n) is 14.3. The summed E-state index contributed by atoms with van der Waals surface area (Å²) in [6.45, 7) is 1.70. The van der Waals surface area contributed by atoms with Crippen LogP contribution in [-0.4, -0.2) is 17.4 Å². The van der Waals surface area contributed by atoms with Crippen LogP contribution in [0.25, 0.3) is 11.3 Å². The van der Waals surface area contributed by atoms with Crippen molar-refractivity contribution < 1.29 is 9.32 Å². The third-order valence-electron chi connectivity index (χ3n) is 3.67. The molecule has 0 unspecified atom stereocenters. The predicted octanol–water partition coefficient (Wildman–Crippen LogP) is 6.42. The Morgan fingerprint density at radius 3 is 2.21 bits per heavy atom. The van der Waals surface area contributed by atoms with Crippen LogP contribution in [-0.2, 0) is 0 Å². The molecule has 28 heavy (non-hydrogen) atoms. The molecule has 144 valence electrons. The summed E-state index contributed by atoms with van der Waals surface area (Å²) >= 11 is 24.5. The molecule has 0 fully saturated rings. The summed E-state index contributed by atoms with van der Waals surface area (Å²) in [5.41, 5.74) is 4.05. The lowest BCUT2D eigenvalue weighted by Gasteiger charge is -2.08. The van der Waals surface area contributed by atoms with Crippen LogP contribution in [0.1, 0.15) is 11.3 Å². The maximum absolute atomic E-state index is 12.1. The molecule has 0 saturated carbocycles. The SMILES string of the molecule is Cc1onc(-c2c(Cl)cccc2Cl)c1C=NNC(=O)Nc1c(Cl)cccc1Cl. The molecule has 2 N–H and O–H groups in total. The molecule has 1 heterocycles. The molecule has 6 nitrogen and oxygen atoms in total. The van der Waals surface area contributed by atoms with Gasteiger partial charge in [-0.1, -0.05) is 63.7 Å². The van der Waals surface area contributed by atoms with E-state index in [0.29, 0.717) is 42.7 Å². The summed E-state index contributed by atoms with van der Waals surface area (Å²) in [6, 6.07) is 9.35. The normalized spacial score (nSPS) is 11.0. The third-order valence-corrected chi connectivity index (χ3v) is 4.93. The minimum Gasteiger partial charge on any atom is -0.360 e. The molecule has 0 spiro atoms. The summed E-state index contributed by atoms with van der Waals surface area (Å²) in [6.07, 6.45) is 1.38. The Labute approximate surface area is 180 Å². The number of rotatable bonds is 4. The van der Waals surface area contributed by atoms with Crippen molar-refractivity contribution in [2.45, 2.75) is 6.92 Å². The van der Waals surface area contributed by atoms with Crippen LogP contribution in [0.2, 0.25) is 20.1 Å². The van der Waals surface area contributed by atoms with Crippen LogP contribution >= 0.6 is 46.4 Å². The maximum atomic E-state index is 12.1. The van der Waals surface area contributed by atoms with Crippen molar-refractivity contribution in [2.24, 2.45) is 5.10 Å². The number of halogens is 4. The van der Waals surface area contributed by atoms with Crippen LogP contribution in [0.4, 0.5) is 10.5 Å². The number of carbonyl (C=O) groups is 1. The fourth-order valence-electron chi connectivity index (χ4n) is 2.35. The number of aromatic nitrogens is 1. The third kappa shape index (κ3) is 4.42. The van der Waals surface area contributed by atoms with Crippen molar-refractivity contribution in [1.29, 1.82) is 0 Å². The van der Waals surface area contributed by atoms with Crippen LogP contribution in [0.3, 0.4) is 0 Å². The molecule has 0 aliphatic rings. The van der Waals surface area contributed by atoms with E-state index in [9.17, 15) is 4.79 Å². The smallest absolute Gasteiger partial charge is 0.339 e. The lowest BCUT2D eigenvalue weighted by molar-refractivity contribution is 0.252. The Kier molecular flexibility index (Phi) is 6.46. The first-order valence-corrected chi connectivity index (χ1v) is 9.34. The molecule has 2 amide bonds. The summed E-state index contributed by atoms with van der Waals surface area (Å²) in [4.78, 5) is 12.1. The van der Waals surface area contributed by atoms with Gasteiger partial charge < -0.3 is 9.84 Å². The molecule has 0 aliphatic carbocycles. The number of aryl methyl sites for hydroxylation is 1. The fraction of sp³-hybridized carbons (Fsp3) is 0.0556. The Balaban J connectivity index is 1.79. The Hall–Kier alpha value is -2.25. The lowest BCUT2D eigenvalue weighted by Crippen LogP contribution is -2.24. The molecule has 2 aromatic carbocycles. The highest BCUT2D eigenvalue weighted by atomic mass is 35.5. The van der Waals surface area contributed by atoms with Gasteiger partial charge in [-0.3, -0.25) is 0 Å². The summed E-state index contributed by atoms with van der Waals surface area (Å²) in [5.74, 6) is 0.478. The number of amides is 2. The first kappa shape index (κ1) is 20.5. The van der Waals surface area contributed by atoms with Gasteiger partial charge in [0.1, 0.15) is 11.5 Å². The van der Waals surface area contributed by atoms with E-state index in [1.54, 1.807) is 43.3 Å². The largest absolute Gasteiger partial charge is 0.360 e. The summed E-state index contributed by atoms with van der Waals surface area (Å²) < 4.78 is 5.22. The molecule has 10 heteroatoms. The van der Waals surface area contributed by atoms with Crippen molar-refractivity contribution in [3.63, 3.8) is 0 Å². The van der Waals surface area contributed by atoms with E-state index >= 15 is 0 Å². The number of hydrogen-bond acceptors (Lipinski definition) is 4. The second-order valence-electron chi connectivity index (χ2n) is 5.52. The average Bonchev–Trinajstić information content (AvgIpc) is 2.99. The lowest BCUT2D eigenvalue weighted by atomic mass is 10.1. The fourth-order valence-corrected chi connectivity index (χ4v) is 3.42. The minimum atomic E-state index is -0.627. The number of para-hydroxylation sites is 1. The van der Waals surface area contributed by atoms with E-state index in [4.69, 9.17) is 50.9 Å². The Bertz CT molecular complexity index is 1030. The highest BCUT2D eigenvalue weighted by Crippen LogP contribution is 2.36. The number of hydrogen-bond donors (Lipinski definition) is 2. The van der Waals surface area contributed by atoms with E-state index < -0.39 is 6.03 Å². The van der Waals surface area contributed by atoms with Gasteiger partial charge in [-0.2, -0.15) is 5.10 Å². The zero-order chi connectivity index (χ0) is 20.3. The number of carbonyl (C=O) groups excluding carboxylic acids is 1. The van der Waals surface area contributed by atoms with Gasteiger partial charge in [-0.05, 0) is 31.2 Å². The number of hydrazone groups is 1. The monoisotopic (exact) mass is 456 g/mol. The average molecular weight is 458 g/mol. The van der Waals surface area contributed by atoms with Crippen molar-refractivity contribution in [2.75, 3.05) is 5.32 Å². The van der Waals surface area contributed by atoms with Gasteiger partial charge in [0.05, 0.1) is 37.6 Å². The molecule has 0 aliphatic heterocycles. The van der Waals surface area contributed by atoms with Crippen LogP contribution < -0.4 is 10.7 Å². The van der Waals surface area contributed by atoms with Crippen LogP contribution in [0.15, 0.2) is 46.0 Å². The number of benzene rings is 2. The van der Waals surface area contributed by atoms with Gasteiger partial charge in [0.2, 0.25) is 0 Å². The highest BCUT2D eigenvalue weighted by molar-refractivity contribution is 6.40. The highest BCUT2D eigenvalue weighted by Gasteiger charge is 2.18. The van der Waals surface area contributed by atoms with Crippen molar-refractivity contribution in [3.05, 3.63) is 67.8 Å². The van der Waals surface area contributed by atoms with E-state index in [1.807, 2.05) is 0 Å². The zero-order valence-corrected chi connectivity index (χ0v) is 17.3. The van der Waals surface area contributed by atoms with Crippen molar-refractivity contribution in [1.82, 2.24) is 10.6 Å². The first-order chi connectivity index (χ1) is 13.4. The number of nitrogens with one attached hydrogen (secondary N) is 2. The molecule has 0 bridgehead atoms. The van der Waals surface area contributed by atoms with E-state index in [2.05, 4.69) is 21.0 Å². The molecule has 3 aromatic rings. The standard InChI is InChI=1S/C18H12Cl4N4O2/c1-9-10(16(26-28-9)15-11(19)4-2-5-12(15)20)8-23-25-18(27)24-17-13(21)6-3-7-14(17)22/h2-8H,1H3,(H2,24,25,27). The second-order valence-corrected chi connectivity index (χ2v) is 7.15. The van der Waals surface area contributed by atoms with Crippen molar-refractivity contribution in [3.8, 4) is 11.3 Å². The molecular weight excluding hydrogens is 446 g/mol. The predicted molar refractivity (Wildman–Crippen MR) is 113 cm³/mol. The van der Waals surface area contributed by atoms with Gasteiger partial charge in [-0.15, -0.1) is 0 Å². The van der Waals surface area contributed by atoms with Gasteiger partial charge in [0.15, 0.2) is 0 Å². The molecule has 0 radical (unpaired) electrons. The molecule has 1 aromatic heterocycles. The van der Waals surface area contributed by atoms with E-state index in [-0.39, 0.29) is 5.69 Å². The van der Waals surface area contributed by atoms with Crippen molar-refractivity contribution >= 4 is 64.3 Å². The van der Waals surface area contributed by atoms with Gasteiger partial charge >= 0.3 is 6.03 Å². The maximum Gasteiger partial charge on any atom is 0.339 e. The Morgan fingerprint density at radius 1 is 1.04 bits per heavy atom. The topological polar surface area (TPSA) is 79.5 Å². The van der Waals surface area contributed by atoms with E-state index in [1.165, 1.54) is 6.21 Å². The summed E-state index contributed by atoms with van der Waals surface area (Å²) in [5, 5.41) is 11.9. The van der Waals surface area contributed by atoms with Gasteiger partial charge in [-0.25, -0.2) is 10.2 Å². The quantitative estimate of drug-likeness (QED) is 0.350. The minimum absolute atomic E-state index is 0.281. The number of urea groups is 1. The summed E-state index contributed by atoms with van der Waals surface area (Å²) in [7, 11) is 0. The molecular formula is C18H12Cl4N4O2. The number of nitrogens with zero attached hydrogens (tertiary/aromatic N) is 2. The van der Waals surface area contributed by atoms with Gasteiger partial charge in [0.25, 0.3) is 0 Å². The Morgan fingerprint density at radius 2 is 1.61 bits per heavy atom. The first-order valence-electron chi connectivity index (χ1n) is 7.83. The number of anilines is 1. The van der Waals surface area contributed by atoms with Crippen LogP contribution in [0.5, 0.6) is 0 Å². The van der Waals surface area contributed by atoms with Gasteiger partial charge in [0, 0.05) is 5.56 Å². The van der Waals surface area contributed by atoms with Crippen LogP contribution in [0, 0.1) is 6.92 Å². The molecule has 0 atom stereocenters. The second kappa shape index (κ2) is 8.84. The van der Waals surface area contributed by atoms with E-state index in [0.717, 1.165) is 0 Å². The molecule has 3 rings (SSSR count). The molecule has 0 saturated heterocycles.